The van der Waals surface area contributed by atoms with Gasteiger partial charge in [0.2, 0.25) is 5.91 Å². The number of fused-ring (bicyclic) bond motifs is 1. The van der Waals surface area contributed by atoms with E-state index >= 15 is 0 Å². The molecule has 0 spiro atoms. The first-order valence-electron chi connectivity index (χ1n) is 12.0. The van der Waals surface area contributed by atoms with Gasteiger partial charge < -0.3 is 20.0 Å². The van der Waals surface area contributed by atoms with Crippen LogP contribution >= 0.6 is 0 Å². The molecule has 0 radical (unpaired) electrons. The number of nitrogens with two attached hydrogens (primary N) is 1. The van der Waals surface area contributed by atoms with Crippen LogP contribution in [0.5, 0.6) is 5.75 Å². The average molecular weight is 487 g/mol. The van der Waals surface area contributed by atoms with E-state index in [4.69, 9.17) is 14.9 Å². The quantitative estimate of drug-likeness (QED) is 0.245. The van der Waals surface area contributed by atoms with Crippen molar-refractivity contribution < 1.29 is 19.1 Å². The number of ether oxygens (including phenoxy) is 1. The number of amides is 1. The second-order valence-corrected chi connectivity index (χ2v) is 9.16. The van der Waals surface area contributed by atoms with E-state index in [0.717, 1.165) is 30.2 Å². The summed E-state index contributed by atoms with van der Waals surface area (Å²) in [6.45, 7) is 2.48. The number of aromatic nitrogens is 1. The second kappa shape index (κ2) is 11.2. The summed E-state index contributed by atoms with van der Waals surface area (Å²) in [5, 5.41) is 11.9. The molecule has 0 saturated heterocycles. The fourth-order valence-corrected chi connectivity index (χ4v) is 4.21. The highest BCUT2D eigenvalue weighted by molar-refractivity contribution is 5.84. The number of hydrogen-bond donors (Lipinski definition) is 2. The summed E-state index contributed by atoms with van der Waals surface area (Å²) < 4.78 is 11.3. The van der Waals surface area contributed by atoms with Gasteiger partial charge in [0, 0.05) is 36.2 Å². The number of unbranched alkanes of at least 4 members (excludes halogenated alkanes) is 1. The molecule has 2 aromatic heterocycles. The third kappa shape index (κ3) is 6.37. The number of pyridine rings is 1. The van der Waals surface area contributed by atoms with Gasteiger partial charge in [0.1, 0.15) is 11.3 Å². The van der Waals surface area contributed by atoms with Crippen molar-refractivity contribution in [2.75, 3.05) is 6.61 Å². The highest BCUT2D eigenvalue weighted by Gasteiger charge is 2.35. The van der Waals surface area contributed by atoms with E-state index in [1.807, 2.05) is 37.3 Å². The van der Waals surface area contributed by atoms with Crippen LogP contribution in [0.15, 0.2) is 82.3 Å². The molecular formula is C29H30N2O5. The number of aliphatic hydroxyl groups is 1. The molecule has 0 bridgehead atoms. The van der Waals surface area contributed by atoms with Gasteiger partial charge in [-0.2, -0.15) is 0 Å². The number of carbonyl (C=O) groups excluding carboxylic acids is 1. The van der Waals surface area contributed by atoms with Gasteiger partial charge >= 0.3 is 5.63 Å². The molecule has 186 valence electrons. The molecule has 4 rings (SSSR count). The summed E-state index contributed by atoms with van der Waals surface area (Å²) in [5.41, 5.74) is 6.59. The Balaban J connectivity index is 1.41. The van der Waals surface area contributed by atoms with Crippen LogP contribution in [0.2, 0.25) is 0 Å². The third-order valence-corrected chi connectivity index (χ3v) is 6.17. The smallest absolute Gasteiger partial charge is 0.339 e. The molecule has 0 aliphatic heterocycles. The van der Waals surface area contributed by atoms with Gasteiger partial charge in [-0.05, 0) is 79.8 Å². The van der Waals surface area contributed by atoms with Crippen LogP contribution in [0, 0.1) is 6.92 Å². The largest absolute Gasteiger partial charge is 0.494 e. The van der Waals surface area contributed by atoms with Crippen LogP contribution in [-0.4, -0.2) is 28.2 Å². The van der Waals surface area contributed by atoms with Gasteiger partial charge in [-0.25, -0.2) is 4.79 Å². The van der Waals surface area contributed by atoms with Crippen molar-refractivity contribution >= 4 is 16.9 Å². The maximum Gasteiger partial charge on any atom is 0.339 e. The van der Waals surface area contributed by atoms with Crippen molar-refractivity contribution in [3.63, 3.8) is 0 Å². The highest BCUT2D eigenvalue weighted by Crippen LogP contribution is 2.23. The summed E-state index contributed by atoms with van der Waals surface area (Å²) in [5.74, 6) is -0.266. The molecule has 1 unspecified atom stereocenters. The lowest BCUT2D eigenvalue weighted by atomic mass is 9.87. The first-order chi connectivity index (χ1) is 17.3. The zero-order valence-electron chi connectivity index (χ0n) is 20.3. The minimum atomic E-state index is -1.96. The van der Waals surface area contributed by atoms with Gasteiger partial charge in [-0.3, -0.25) is 9.78 Å². The summed E-state index contributed by atoms with van der Waals surface area (Å²) in [7, 11) is 0. The second-order valence-electron chi connectivity index (χ2n) is 9.16. The maximum absolute atomic E-state index is 12.5. The van der Waals surface area contributed by atoms with Gasteiger partial charge in [0.05, 0.1) is 6.61 Å². The Kier molecular flexibility index (Phi) is 7.80. The number of nitrogens with zero attached hydrogens (tertiary/aromatic N) is 1. The Bertz CT molecular complexity index is 1400. The molecule has 2 aromatic carbocycles. The Labute approximate surface area is 209 Å². The number of rotatable bonds is 11. The third-order valence-electron chi connectivity index (χ3n) is 6.17. The fourth-order valence-electron chi connectivity index (χ4n) is 4.21. The Morgan fingerprint density at radius 1 is 1.03 bits per heavy atom. The lowest BCUT2D eigenvalue weighted by Crippen LogP contribution is -2.48. The van der Waals surface area contributed by atoms with Crippen LogP contribution in [0.1, 0.15) is 35.1 Å². The molecule has 4 aromatic rings. The summed E-state index contributed by atoms with van der Waals surface area (Å²) >= 11 is 0. The molecule has 1 amide bonds. The van der Waals surface area contributed by atoms with E-state index in [1.54, 1.807) is 42.7 Å². The van der Waals surface area contributed by atoms with Gasteiger partial charge in [-0.1, -0.05) is 23.8 Å². The van der Waals surface area contributed by atoms with E-state index in [2.05, 4.69) is 4.98 Å². The predicted molar refractivity (Wildman–Crippen MR) is 138 cm³/mol. The van der Waals surface area contributed by atoms with E-state index in [9.17, 15) is 14.7 Å². The van der Waals surface area contributed by atoms with Crippen molar-refractivity contribution in [2.45, 2.75) is 44.6 Å². The normalized spacial score (nSPS) is 12.8. The maximum atomic E-state index is 12.5. The molecule has 7 heteroatoms. The molecule has 7 nitrogen and oxygen atoms in total. The van der Waals surface area contributed by atoms with Crippen LogP contribution in [0.25, 0.3) is 11.0 Å². The Morgan fingerprint density at radius 3 is 2.61 bits per heavy atom. The van der Waals surface area contributed by atoms with Crippen molar-refractivity contribution in [3.05, 3.63) is 106 Å². The summed E-state index contributed by atoms with van der Waals surface area (Å²) in [4.78, 5) is 28.9. The molecule has 0 aliphatic carbocycles. The summed E-state index contributed by atoms with van der Waals surface area (Å²) in [6.07, 6.45) is 6.09. The number of carbonyl (C=O) groups is 1. The first-order valence-corrected chi connectivity index (χ1v) is 12.0. The molecule has 1 atom stereocenters. The minimum Gasteiger partial charge on any atom is -0.494 e. The number of benzene rings is 2. The molecular weight excluding hydrogens is 456 g/mol. The van der Waals surface area contributed by atoms with E-state index in [1.165, 1.54) is 5.56 Å². The predicted octanol–water partition coefficient (Wildman–Crippen LogP) is 3.90. The SMILES string of the molecule is Cc1ccc2oc(=O)c(CC(O)(Cc3cccc(OCCCCc4ccncc4)c3)C(N)=O)cc2c1. The van der Waals surface area contributed by atoms with Crippen molar-refractivity contribution in [2.24, 2.45) is 5.73 Å². The zero-order chi connectivity index (χ0) is 25.5. The molecule has 2 heterocycles. The van der Waals surface area contributed by atoms with Crippen LogP contribution < -0.4 is 16.1 Å². The monoisotopic (exact) mass is 486 g/mol. The van der Waals surface area contributed by atoms with Crippen LogP contribution in [0.4, 0.5) is 0 Å². The van der Waals surface area contributed by atoms with Crippen molar-refractivity contribution in [1.29, 1.82) is 0 Å². The molecule has 0 aliphatic rings. The average Bonchev–Trinajstić information content (AvgIpc) is 2.85. The van der Waals surface area contributed by atoms with Crippen molar-refractivity contribution in [1.82, 2.24) is 4.98 Å². The number of hydrogen-bond acceptors (Lipinski definition) is 6. The zero-order valence-corrected chi connectivity index (χ0v) is 20.3. The van der Waals surface area contributed by atoms with E-state index in [-0.39, 0.29) is 18.4 Å². The van der Waals surface area contributed by atoms with E-state index < -0.39 is 17.1 Å². The first kappa shape index (κ1) is 25.1. The standard InChI is InChI=1S/C29H30N2O5/c1-20-8-9-26-23(15-20)17-24(27(32)36-26)19-29(34,28(30)33)18-22-6-4-7-25(16-22)35-14-3-2-5-21-10-12-31-13-11-21/h4,6-13,15-17,34H,2-3,5,14,18-19H2,1H3,(H2,30,33). The Morgan fingerprint density at radius 2 is 1.83 bits per heavy atom. The Hall–Kier alpha value is -3.97. The lowest BCUT2D eigenvalue weighted by molar-refractivity contribution is -0.136. The van der Waals surface area contributed by atoms with E-state index in [0.29, 0.717) is 23.5 Å². The van der Waals surface area contributed by atoms with Gasteiger partial charge in [0.25, 0.3) is 0 Å². The van der Waals surface area contributed by atoms with Gasteiger partial charge in [0.15, 0.2) is 5.60 Å². The van der Waals surface area contributed by atoms with Crippen LogP contribution in [-0.2, 0) is 24.1 Å². The van der Waals surface area contributed by atoms with Crippen molar-refractivity contribution in [3.8, 4) is 5.75 Å². The molecule has 0 fully saturated rings. The molecule has 0 saturated carbocycles. The fraction of sp³-hybridized carbons (Fsp3) is 0.276. The highest BCUT2D eigenvalue weighted by atomic mass is 16.5. The lowest BCUT2D eigenvalue weighted by Gasteiger charge is -2.24. The molecule has 36 heavy (non-hydrogen) atoms. The topological polar surface area (TPSA) is 116 Å². The minimum absolute atomic E-state index is 0.0626. The number of aryl methyl sites for hydroxylation is 2. The van der Waals surface area contributed by atoms with Gasteiger partial charge in [-0.15, -0.1) is 0 Å². The number of primary amides is 1. The van der Waals surface area contributed by atoms with Crippen LogP contribution in [0.3, 0.4) is 0 Å². The summed E-state index contributed by atoms with van der Waals surface area (Å²) in [6, 6.07) is 18.3. The molecule has 3 N–H and O–H groups in total.